The van der Waals surface area contributed by atoms with E-state index in [0.717, 1.165) is 55.3 Å². The second-order valence-corrected chi connectivity index (χ2v) is 14.6. The van der Waals surface area contributed by atoms with Gasteiger partial charge in [0.1, 0.15) is 11.2 Å². The maximum Gasteiger partial charge on any atom is 0.167 e. The van der Waals surface area contributed by atoms with E-state index in [1.54, 1.807) is 0 Å². The summed E-state index contributed by atoms with van der Waals surface area (Å²) < 4.78 is 6.57. The monoisotopic (exact) mass is 713 g/mol. The lowest BCUT2D eigenvalue weighted by Crippen LogP contribution is -2.25. The second-order valence-electron chi connectivity index (χ2n) is 14.6. The lowest BCUT2D eigenvalue weighted by Gasteiger charge is -2.30. The molecule has 0 fully saturated rings. The van der Waals surface area contributed by atoms with Gasteiger partial charge in [0, 0.05) is 21.9 Å². The standard InChI is InChI=1S/C52H31N3O/c1-2-16-32(17-3-1)33-18-4-5-22-38(33)49-53-50(55-51(54-49)41-26-14-24-37-36-21-9-13-31-46(36)56-48(37)41)40-25-15-30-45-47(40)39-23-8-12-29-44(39)52(45)42-27-10-6-19-34(42)35-20-7-11-28-43(35)52/h1-31H. The Morgan fingerprint density at radius 3 is 1.52 bits per heavy atom. The third-order valence-corrected chi connectivity index (χ3v) is 11.8. The molecule has 0 bridgehead atoms. The summed E-state index contributed by atoms with van der Waals surface area (Å²) in [4.78, 5) is 16.1. The first-order chi connectivity index (χ1) is 27.8. The Morgan fingerprint density at radius 2 is 0.786 bits per heavy atom. The zero-order valence-electron chi connectivity index (χ0n) is 30.1. The van der Waals surface area contributed by atoms with Crippen molar-refractivity contribution >= 4 is 21.9 Å². The zero-order valence-corrected chi connectivity index (χ0v) is 30.1. The summed E-state index contributed by atoms with van der Waals surface area (Å²) in [5.41, 5.74) is 16.0. The first kappa shape index (κ1) is 31.0. The fourth-order valence-corrected chi connectivity index (χ4v) is 9.54. The van der Waals surface area contributed by atoms with Crippen LogP contribution in [0.25, 0.3) is 89.5 Å². The van der Waals surface area contributed by atoms with Gasteiger partial charge in [-0.3, -0.25) is 0 Å². The molecule has 0 saturated carbocycles. The second kappa shape index (κ2) is 11.8. The van der Waals surface area contributed by atoms with Gasteiger partial charge in [-0.15, -0.1) is 0 Å². The van der Waals surface area contributed by atoms with E-state index < -0.39 is 5.41 Å². The number of para-hydroxylation sites is 2. The van der Waals surface area contributed by atoms with Crippen LogP contribution in [0.1, 0.15) is 22.3 Å². The first-order valence-electron chi connectivity index (χ1n) is 19.0. The average Bonchev–Trinajstić information content (AvgIpc) is 3.91. The van der Waals surface area contributed by atoms with Crippen molar-refractivity contribution in [1.82, 2.24) is 15.0 Å². The van der Waals surface area contributed by atoms with E-state index in [4.69, 9.17) is 19.4 Å². The Labute approximate surface area is 323 Å². The largest absolute Gasteiger partial charge is 0.455 e. The summed E-state index contributed by atoms with van der Waals surface area (Å²) in [6.45, 7) is 0. The number of benzene rings is 8. The van der Waals surface area contributed by atoms with Crippen LogP contribution < -0.4 is 0 Å². The van der Waals surface area contributed by atoms with Crippen molar-refractivity contribution < 1.29 is 4.42 Å². The minimum absolute atomic E-state index is 0.479. The van der Waals surface area contributed by atoms with Crippen molar-refractivity contribution in [2.45, 2.75) is 5.41 Å². The lowest BCUT2D eigenvalue weighted by atomic mass is 9.70. The van der Waals surface area contributed by atoms with Crippen molar-refractivity contribution in [1.29, 1.82) is 0 Å². The average molecular weight is 714 g/mol. The number of hydrogen-bond donors (Lipinski definition) is 0. The predicted octanol–water partition coefficient (Wildman–Crippen LogP) is 12.8. The van der Waals surface area contributed by atoms with Gasteiger partial charge in [0.2, 0.25) is 0 Å². The molecule has 0 N–H and O–H groups in total. The van der Waals surface area contributed by atoms with Crippen LogP contribution in [-0.4, -0.2) is 15.0 Å². The van der Waals surface area contributed by atoms with Crippen molar-refractivity contribution in [3.63, 3.8) is 0 Å². The molecule has 1 spiro atoms. The highest BCUT2D eigenvalue weighted by Gasteiger charge is 2.52. The summed E-state index contributed by atoms with van der Waals surface area (Å²) in [7, 11) is 0. The van der Waals surface area contributed by atoms with Crippen molar-refractivity contribution in [2.75, 3.05) is 0 Å². The molecule has 2 aromatic heterocycles. The summed E-state index contributed by atoms with van der Waals surface area (Å²) in [6, 6.07) is 66.5. The van der Waals surface area contributed by atoms with Gasteiger partial charge in [-0.2, -0.15) is 0 Å². The molecular formula is C52H31N3O. The molecule has 0 radical (unpaired) electrons. The van der Waals surface area contributed by atoms with E-state index in [0.29, 0.717) is 17.5 Å². The molecule has 2 aliphatic rings. The number of rotatable bonds is 4. The predicted molar refractivity (Wildman–Crippen MR) is 225 cm³/mol. The van der Waals surface area contributed by atoms with E-state index in [9.17, 15) is 0 Å². The van der Waals surface area contributed by atoms with E-state index in [-0.39, 0.29) is 0 Å². The normalized spacial score (nSPS) is 13.1. The number of furan rings is 1. The van der Waals surface area contributed by atoms with Crippen LogP contribution in [0.3, 0.4) is 0 Å². The highest BCUT2D eigenvalue weighted by Crippen LogP contribution is 2.63. The molecule has 12 rings (SSSR count). The third-order valence-electron chi connectivity index (χ3n) is 11.8. The van der Waals surface area contributed by atoms with E-state index >= 15 is 0 Å². The number of nitrogens with zero attached hydrogens (tertiary/aromatic N) is 3. The van der Waals surface area contributed by atoms with Gasteiger partial charge >= 0.3 is 0 Å². The number of hydrogen-bond acceptors (Lipinski definition) is 4. The molecule has 2 aliphatic carbocycles. The number of fused-ring (bicyclic) bond motifs is 13. The molecule has 4 nitrogen and oxygen atoms in total. The van der Waals surface area contributed by atoms with Crippen molar-refractivity contribution in [3.8, 4) is 67.5 Å². The van der Waals surface area contributed by atoms with E-state index in [1.807, 2.05) is 24.3 Å². The number of aromatic nitrogens is 3. The SMILES string of the molecule is c1ccc(-c2ccccc2-c2nc(-c3cccc4c3-c3ccccc3C43c4ccccc4-c4ccccc43)nc(-c3cccc4c3oc3ccccc34)n2)cc1. The van der Waals surface area contributed by atoms with Gasteiger partial charge < -0.3 is 4.42 Å². The maximum absolute atomic E-state index is 6.57. The summed E-state index contributed by atoms with van der Waals surface area (Å²) in [5.74, 6) is 1.78. The summed E-state index contributed by atoms with van der Waals surface area (Å²) in [6.07, 6.45) is 0. The van der Waals surface area contributed by atoms with Gasteiger partial charge in [-0.05, 0) is 67.8 Å². The van der Waals surface area contributed by atoms with Crippen LogP contribution in [0.4, 0.5) is 0 Å². The lowest BCUT2D eigenvalue weighted by molar-refractivity contribution is 0.669. The van der Waals surface area contributed by atoms with Gasteiger partial charge in [-0.1, -0.05) is 176 Å². The molecule has 56 heavy (non-hydrogen) atoms. The third kappa shape index (κ3) is 4.21. The van der Waals surface area contributed by atoms with Crippen LogP contribution >= 0.6 is 0 Å². The topological polar surface area (TPSA) is 51.8 Å². The van der Waals surface area contributed by atoms with Crippen LogP contribution in [0.15, 0.2) is 192 Å². The van der Waals surface area contributed by atoms with Crippen LogP contribution in [0, 0.1) is 0 Å². The Hall–Kier alpha value is -7.43. The molecule has 2 heterocycles. The minimum atomic E-state index is -0.479. The Morgan fingerprint density at radius 1 is 0.321 bits per heavy atom. The highest BCUT2D eigenvalue weighted by atomic mass is 16.3. The molecule has 0 saturated heterocycles. The molecule has 0 aliphatic heterocycles. The smallest absolute Gasteiger partial charge is 0.167 e. The fourth-order valence-electron chi connectivity index (χ4n) is 9.54. The molecule has 260 valence electrons. The van der Waals surface area contributed by atoms with Gasteiger partial charge in [0.15, 0.2) is 17.5 Å². The molecule has 0 amide bonds. The van der Waals surface area contributed by atoms with E-state index in [1.165, 1.54) is 38.9 Å². The zero-order chi connectivity index (χ0) is 36.8. The summed E-state index contributed by atoms with van der Waals surface area (Å²) >= 11 is 0. The highest BCUT2D eigenvalue weighted by molar-refractivity contribution is 6.09. The van der Waals surface area contributed by atoms with Crippen LogP contribution in [0.2, 0.25) is 0 Å². The molecule has 8 aromatic carbocycles. The molecule has 10 aromatic rings. The van der Waals surface area contributed by atoms with Crippen molar-refractivity contribution in [3.05, 3.63) is 210 Å². The molecule has 0 unspecified atom stereocenters. The Kier molecular flexibility index (Phi) is 6.52. The molecule has 4 heteroatoms. The van der Waals surface area contributed by atoms with Crippen LogP contribution in [-0.2, 0) is 5.41 Å². The fraction of sp³-hybridized carbons (Fsp3) is 0.0192. The Balaban J connectivity index is 1.16. The van der Waals surface area contributed by atoms with Crippen molar-refractivity contribution in [2.24, 2.45) is 0 Å². The van der Waals surface area contributed by atoms with Gasteiger partial charge in [-0.25, -0.2) is 15.0 Å². The Bertz CT molecular complexity index is 3170. The van der Waals surface area contributed by atoms with Crippen LogP contribution in [0.5, 0.6) is 0 Å². The van der Waals surface area contributed by atoms with E-state index in [2.05, 4.69) is 164 Å². The molecule has 0 atom stereocenters. The maximum atomic E-state index is 6.57. The summed E-state index contributed by atoms with van der Waals surface area (Å²) in [5, 5.41) is 2.09. The molecular weight excluding hydrogens is 683 g/mol. The van der Waals surface area contributed by atoms with Gasteiger partial charge in [0.25, 0.3) is 0 Å². The first-order valence-corrected chi connectivity index (χ1v) is 19.0. The minimum Gasteiger partial charge on any atom is -0.455 e. The van der Waals surface area contributed by atoms with Gasteiger partial charge in [0.05, 0.1) is 11.0 Å². The quantitative estimate of drug-likeness (QED) is 0.182.